The Hall–Kier alpha value is -3.06. The molecule has 1 fully saturated rings. The van der Waals surface area contributed by atoms with E-state index in [0.29, 0.717) is 25.3 Å². The van der Waals surface area contributed by atoms with Crippen molar-refractivity contribution in [1.29, 1.82) is 0 Å². The van der Waals surface area contributed by atoms with Gasteiger partial charge in [-0.15, -0.1) is 0 Å². The number of carbonyl (C=O) groups excluding carboxylic acids is 2. The molecule has 7 heteroatoms. The lowest BCUT2D eigenvalue weighted by atomic mass is 10.0. The Kier molecular flexibility index (Phi) is 8.92. The number of nitrogens with two attached hydrogens (primary N) is 1. The van der Waals surface area contributed by atoms with E-state index in [0.717, 1.165) is 23.5 Å². The number of hydrogen-bond acceptors (Lipinski definition) is 5. The van der Waals surface area contributed by atoms with Crippen LogP contribution >= 0.6 is 0 Å². The van der Waals surface area contributed by atoms with E-state index in [-0.39, 0.29) is 12.6 Å². The van der Waals surface area contributed by atoms with Gasteiger partial charge in [0.1, 0.15) is 12.4 Å². The monoisotopic (exact) mass is 439 g/mol. The minimum atomic E-state index is -0.488. The lowest BCUT2D eigenvalue weighted by Crippen LogP contribution is -2.43. The molecule has 1 saturated carbocycles. The number of nitrogens with one attached hydrogen (secondary N) is 2. The van der Waals surface area contributed by atoms with Crippen molar-refractivity contribution in [3.63, 3.8) is 0 Å². The summed E-state index contributed by atoms with van der Waals surface area (Å²) in [5.41, 5.74) is 7.56. The van der Waals surface area contributed by atoms with Gasteiger partial charge in [-0.3, -0.25) is 10.1 Å². The van der Waals surface area contributed by atoms with Gasteiger partial charge >= 0.3 is 6.09 Å². The number of primary amides is 1. The molecule has 0 bridgehead atoms. The van der Waals surface area contributed by atoms with E-state index in [9.17, 15) is 9.59 Å². The second-order valence-electron chi connectivity index (χ2n) is 8.30. The van der Waals surface area contributed by atoms with Crippen LogP contribution in [0.5, 0.6) is 5.75 Å². The van der Waals surface area contributed by atoms with Gasteiger partial charge in [0, 0.05) is 12.6 Å². The van der Waals surface area contributed by atoms with Crippen LogP contribution in [0.15, 0.2) is 54.6 Å². The maximum absolute atomic E-state index is 11.9. The van der Waals surface area contributed by atoms with E-state index in [1.54, 1.807) is 0 Å². The van der Waals surface area contributed by atoms with Crippen LogP contribution in [0.1, 0.15) is 49.8 Å². The van der Waals surface area contributed by atoms with E-state index in [1.165, 1.54) is 12.8 Å². The Balaban J connectivity index is 1.36. The number of alkyl carbamates (subject to hydrolysis) is 1. The summed E-state index contributed by atoms with van der Waals surface area (Å²) in [4.78, 5) is 23.7. The molecule has 0 heterocycles. The fourth-order valence-corrected chi connectivity index (χ4v) is 3.33. The van der Waals surface area contributed by atoms with Crippen LogP contribution in [0.4, 0.5) is 4.79 Å². The fraction of sp³-hybridized carbons (Fsp3) is 0.440. The average molecular weight is 440 g/mol. The number of hydrogen-bond donors (Lipinski definition) is 3. The standard InChI is InChI=1S/C25H33N3O4/c1-18(21-11-13-22(14-12-21)31-16-20-9-10-20)28-23(24(26)29)8-5-15-27-25(30)32-17-19-6-3-2-4-7-19/h2-4,6-7,11-14,18,20,23,28H,5,8-10,15-17H2,1H3,(H2,26,29)(H,27,30)/t18-,23-/m1/s1. The Morgan fingerprint density at radius 3 is 2.47 bits per heavy atom. The largest absolute Gasteiger partial charge is 0.493 e. The van der Waals surface area contributed by atoms with Gasteiger partial charge in [-0.25, -0.2) is 4.79 Å². The van der Waals surface area contributed by atoms with Crippen molar-refractivity contribution < 1.29 is 19.1 Å². The van der Waals surface area contributed by atoms with Crippen molar-refractivity contribution in [2.75, 3.05) is 13.2 Å². The molecule has 32 heavy (non-hydrogen) atoms. The Labute approximate surface area is 189 Å². The topological polar surface area (TPSA) is 103 Å². The molecule has 172 valence electrons. The predicted molar refractivity (Wildman–Crippen MR) is 123 cm³/mol. The van der Waals surface area contributed by atoms with Gasteiger partial charge in [0.15, 0.2) is 0 Å². The first-order valence-electron chi connectivity index (χ1n) is 11.2. The Bertz CT molecular complexity index is 853. The third kappa shape index (κ3) is 8.23. The first-order valence-corrected chi connectivity index (χ1v) is 11.2. The lowest BCUT2D eigenvalue weighted by molar-refractivity contribution is -0.120. The number of ether oxygens (including phenoxy) is 2. The highest BCUT2D eigenvalue weighted by atomic mass is 16.5. The van der Waals surface area contributed by atoms with E-state index in [1.807, 2.05) is 61.5 Å². The molecule has 2 amide bonds. The van der Waals surface area contributed by atoms with Crippen molar-refractivity contribution >= 4 is 12.0 Å². The van der Waals surface area contributed by atoms with Crippen LogP contribution in [-0.2, 0) is 16.1 Å². The summed E-state index contributed by atoms with van der Waals surface area (Å²) in [7, 11) is 0. The SMILES string of the molecule is C[C@@H](N[C@H](CCCNC(=O)OCc1ccccc1)C(N)=O)c1ccc(OCC2CC2)cc1. The van der Waals surface area contributed by atoms with Gasteiger partial charge in [-0.2, -0.15) is 0 Å². The maximum atomic E-state index is 11.9. The second kappa shape index (κ2) is 12.1. The summed E-state index contributed by atoms with van der Waals surface area (Å²) in [6.07, 6.45) is 3.16. The van der Waals surface area contributed by atoms with E-state index < -0.39 is 18.0 Å². The Morgan fingerprint density at radius 2 is 1.81 bits per heavy atom. The molecular formula is C25H33N3O4. The summed E-state index contributed by atoms with van der Waals surface area (Å²) >= 11 is 0. The van der Waals surface area contributed by atoms with Crippen molar-refractivity contribution in [3.05, 3.63) is 65.7 Å². The molecule has 0 spiro atoms. The minimum Gasteiger partial charge on any atom is -0.493 e. The predicted octanol–water partition coefficient (Wildman–Crippen LogP) is 3.69. The zero-order valence-corrected chi connectivity index (χ0v) is 18.6. The summed E-state index contributed by atoms with van der Waals surface area (Å²) in [6.45, 7) is 3.40. The van der Waals surface area contributed by atoms with E-state index in [2.05, 4.69) is 10.6 Å². The molecule has 3 rings (SSSR count). The van der Waals surface area contributed by atoms with Crippen molar-refractivity contribution in [2.45, 2.75) is 51.3 Å². The third-order valence-electron chi connectivity index (χ3n) is 5.51. The van der Waals surface area contributed by atoms with Crippen molar-refractivity contribution in [1.82, 2.24) is 10.6 Å². The number of rotatable bonds is 13. The molecule has 2 atom stereocenters. The molecule has 0 unspecified atom stereocenters. The van der Waals surface area contributed by atoms with E-state index in [4.69, 9.17) is 15.2 Å². The Morgan fingerprint density at radius 1 is 1.09 bits per heavy atom. The highest BCUT2D eigenvalue weighted by molar-refractivity contribution is 5.79. The molecule has 0 aromatic heterocycles. The summed E-state index contributed by atoms with van der Waals surface area (Å²) < 4.78 is 11.0. The quantitative estimate of drug-likeness (QED) is 0.413. The van der Waals surface area contributed by atoms with Gasteiger partial charge in [0.05, 0.1) is 12.6 Å². The zero-order valence-electron chi connectivity index (χ0n) is 18.6. The number of amides is 2. The molecule has 0 aliphatic heterocycles. The van der Waals surface area contributed by atoms with Gasteiger partial charge in [0.2, 0.25) is 5.91 Å². The molecule has 1 aliphatic carbocycles. The highest BCUT2D eigenvalue weighted by Gasteiger charge is 2.22. The normalized spacial score (nSPS) is 14.9. The van der Waals surface area contributed by atoms with Crippen LogP contribution in [-0.4, -0.2) is 31.2 Å². The van der Waals surface area contributed by atoms with E-state index >= 15 is 0 Å². The maximum Gasteiger partial charge on any atom is 0.407 e. The van der Waals surface area contributed by atoms with Gasteiger partial charge < -0.3 is 20.5 Å². The number of benzene rings is 2. The smallest absolute Gasteiger partial charge is 0.407 e. The lowest BCUT2D eigenvalue weighted by Gasteiger charge is -2.21. The van der Waals surface area contributed by atoms with Crippen LogP contribution in [0.3, 0.4) is 0 Å². The zero-order chi connectivity index (χ0) is 22.8. The molecule has 2 aromatic carbocycles. The molecule has 4 N–H and O–H groups in total. The summed E-state index contributed by atoms with van der Waals surface area (Å²) in [6, 6.07) is 16.9. The van der Waals surface area contributed by atoms with Gasteiger partial charge in [-0.1, -0.05) is 42.5 Å². The number of carbonyl (C=O) groups is 2. The van der Waals surface area contributed by atoms with Crippen LogP contribution in [0, 0.1) is 5.92 Å². The van der Waals surface area contributed by atoms with Gasteiger partial charge in [0.25, 0.3) is 0 Å². The molecule has 0 saturated heterocycles. The fourth-order valence-electron chi connectivity index (χ4n) is 3.33. The van der Waals surface area contributed by atoms with Crippen molar-refractivity contribution in [2.24, 2.45) is 11.7 Å². The first kappa shape index (κ1) is 23.6. The molecule has 7 nitrogen and oxygen atoms in total. The molecule has 0 radical (unpaired) electrons. The highest BCUT2D eigenvalue weighted by Crippen LogP contribution is 2.29. The molecule has 1 aliphatic rings. The van der Waals surface area contributed by atoms with Crippen molar-refractivity contribution in [3.8, 4) is 5.75 Å². The minimum absolute atomic E-state index is 0.0474. The first-order chi connectivity index (χ1) is 15.5. The molecule has 2 aromatic rings. The third-order valence-corrected chi connectivity index (χ3v) is 5.51. The molecular weight excluding hydrogens is 406 g/mol. The van der Waals surface area contributed by atoms with Crippen LogP contribution in [0.25, 0.3) is 0 Å². The summed E-state index contributed by atoms with van der Waals surface area (Å²) in [5.74, 6) is 1.17. The second-order valence-corrected chi connectivity index (χ2v) is 8.30. The van der Waals surface area contributed by atoms with Gasteiger partial charge in [-0.05, 0) is 61.8 Å². The van der Waals surface area contributed by atoms with Crippen LogP contribution < -0.4 is 21.1 Å². The summed E-state index contributed by atoms with van der Waals surface area (Å²) in [5, 5.41) is 6.00. The average Bonchev–Trinajstić information content (AvgIpc) is 3.63. The van der Waals surface area contributed by atoms with Crippen LogP contribution in [0.2, 0.25) is 0 Å².